The monoisotopic (exact) mass is 296 g/mol. The zero-order chi connectivity index (χ0) is 15.1. The van der Waals surface area contributed by atoms with Gasteiger partial charge in [-0.05, 0) is 31.6 Å². The molecule has 1 saturated heterocycles. The van der Waals surface area contributed by atoms with Gasteiger partial charge in [0.2, 0.25) is 0 Å². The Bertz CT molecular complexity index is 287. The van der Waals surface area contributed by atoms with E-state index < -0.39 is 0 Å². The SMILES string of the molecule is CCCC1CN(CCOCCC(C)C)C2(CCCC2)CN1. The van der Waals surface area contributed by atoms with Crippen molar-refractivity contribution in [2.75, 3.05) is 32.8 Å². The van der Waals surface area contributed by atoms with E-state index >= 15 is 0 Å². The molecule has 0 aromatic rings. The van der Waals surface area contributed by atoms with Crippen molar-refractivity contribution in [2.45, 2.75) is 77.3 Å². The Balaban J connectivity index is 1.79. The highest BCUT2D eigenvalue weighted by Crippen LogP contribution is 2.37. The summed E-state index contributed by atoms with van der Waals surface area (Å²) in [5.74, 6) is 0.749. The summed E-state index contributed by atoms with van der Waals surface area (Å²) in [6, 6.07) is 0.692. The molecule has 1 unspecified atom stereocenters. The van der Waals surface area contributed by atoms with Crippen molar-refractivity contribution in [3.05, 3.63) is 0 Å². The van der Waals surface area contributed by atoms with Crippen LogP contribution in [0.1, 0.15) is 65.7 Å². The Kier molecular flexibility index (Phi) is 6.97. The summed E-state index contributed by atoms with van der Waals surface area (Å²) in [4.78, 5) is 2.77. The van der Waals surface area contributed by atoms with Gasteiger partial charge in [0, 0.05) is 37.8 Å². The quantitative estimate of drug-likeness (QED) is 0.695. The largest absolute Gasteiger partial charge is 0.380 e. The molecular weight excluding hydrogens is 260 g/mol. The van der Waals surface area contributed by atoms with Gasteiger partial charge in [0.1, 0.15) is 0 Å². The van der Waals surface area contributed by atoms with Gasteiger partial charge < -0.3 is 10.1 Å². The minimum Gasteiger partial charge on any atom is -0.380 e. The van der Waals surface area contributed by atoms with Gasteiger partial charge in [-0.25, -0.2) is 0 Å². The normalized spacial score (nSPS) is 26.0. The van der Waals surface area contributed by atoms with Crippen LogP contribution in [0.4, 0.5) is 0 Å². The topological polar surface area (TPSA) is 24.5 Å². The second-order valence-corrected chi connectivity index (χ2v) is 7.54. The first-order chi connectivity index (χ1) is 10.2. The molecule has 1 atom stereocenters. The maximum absolute atomic E-state index is 5.88. The van der Waals surface area contributed by atoms with Crippen LogP contribution in [0, 0.1) is 5.92 Å². The van der Waals surface area contributed by atoms with Crippen LogP contribution in [-0.4, -0.2) is 49.3 Å². The van der Waals surface area contributed by atoms with E-state index in [0.717, 1.165) is 25.7 Å². The van der Waals surface area contributed by atoms with Crippen LogP contribution in [0.5, 0.6) is 0 Å². The summed E-state index contributed by atoms with van der Waals surface area (Å²) in [7, 11) is 0. The lowest BCUT2D eigenvalue weighted by Crippen LogP contribution is -2.64. The molecule has 2 rings (SSSR count). The van der Waals surface area contributed by atoms with Crippen LogP contribution in [0.3, 0.4) is 0 Å². The number of nitrogens with zero attached hydrogens (tertiary/aromatic N) is 1. The lowest BCUT2D eigenvalue weighted by Gasteiger charge is -2.48. The number of rotatable bonds is 8. The molecule has 0 amide bonds. The molecule has 21 heavy (non-hydrogen) atoms. The zero-order valence-electron chi connectivity index (χ0n) is 14.5. The van der Waals surface area contributed by atoms with E-state index in [-0.39, 0.29) is 0 Å². The Morgan fingerprint density at radius 2 is 2.00 bits per heavy atom. The average Bonchev–Trinajstić information content (AvgIpc) is 2.91. The Morgan fingerprint density at radius 3 is 2.67 bits per heavy atom. The lowest BCUT2D eigenvalue weighted by molar-refractivity contribution is 0.0101. The van der Waals surface area contributed by atoms with E-state index in [1.54, 1.807) is 0 Å². The standard InChI is InChI=1S/C18H36N2O/c1-4-7-17-14-20(11-13-21-12-8-16(2)3)18(15-19-17)9-5-6-10-18/h16-17,19H,4-15H2,1-3H3. The molecule has 3 nitrogen and oxygen atoms in total. The third-order valence-corrected chi connectivity index (χ3v) is 5.35. The van der Waals surface area contributed by atoms with Crippen LogP contribution in [0.15, 0.2) is 0 Å². The van der Waals surface area contributed by atoms with Crippen LogP contribution < -0.4 is 5.32 Å². The summed E-state index contributed by atoms with van der Waals surface area (Å²) in [6.07, 6.45) is 9.35. The first kappa shape index (κ1) is 17.2. The van der Waals surface area contributed by atoms with Crippen LogP contribution in [-0.2, 0) is 4.74 Å². The van der Waals surface area contributed by atoms with Gasteiger partial charge in [0.05, 0.1) is 6.61 Å². The molecular formula is C18H36N2O. The molecule has 0 aromatic carbocycles. The van der Waals surface area contributed by atoms with E-state index in [1.165, 1.54) is 58.0 Å². The van der Waals surface area contributed by atoms with Crippen LogP contribution in [0.25, 0.3) is 0 Å². The molecule has 1 N–H and O–H groups in total. The minimum atomic E-state index is 0.450. The Morgan fingerprint density at radius 1 is 1.24 bits per heavy atom. The van der Waals surface area contributed by atoms with Gasteiger partial charge in [-0.15, -0.1) is 0 Å². The summed E-state index contributed by atoms with van der Waals surface area (Å²) >= 11 is 0. The smallest absolute Gasteiger partial charge is 0.0593 e. The maximum atomic E-state index is 5.88. The number of ether oxygens (including phenoxy) is 1. The minimum absolute atomic E-state index is 0.450. The maximum Gasteiger partial charge on any atom is 0.0593 e. The molecule has 1 saturated carbocycles. The molecule has 1 spiro atoms. The van der Waals surface area contributed by atoms with Crippen molar-refractivity contribution in [3.8, 4) is 0 Å². The third-order valence-electron chi connectivity index (χ3n) is 5.35. The fourth-order valence-corrected chi connectivity index (χ4v) is 3.96. The number of piperazine rings is 1. The van der Waals surface area contributed by atoms with Crippen molar-refractivity contribution < 1.29 is 4.74 Å². The Labute approximate surface area is 131 Å². The molecule has 1 aliphatic heterocycles. The summed E-state index contributed by atoms with van der Waals surface area (Å²) in [6.45, 7) is 12.2. The summed E-state index contributed by atoms with van der Waals surface area (Å²) < 4.78 is 5.88. The lowest BCUT2D eigenvalue weighted by atomic mass is 9.90. The van der Waals surface area contributed by atoms with Crippen LogP contribution in [0.2, 0.25) is 0 Å². The van der Waals surface area contributed by atoms with Gasteiger partial charge in [-0.1, -0.05) is 40.0 Å². The number of hydrogen-bond donors (Lipinski definition) is 1. The predicted molar refractivity (Wildman–Crippen MR) is 89.7 cm³/mol. The van der Waals surface area contributed by atoms with E-state index in [9.17, 15) is 0 Å². The van der Waals surface area contributed by atoms with Crippen molar-refractivity contribution in [1.29, 1.82) is 0 Å². The molecule has 2 fully saturated rings. The van der Waals surface area contributed by atoms with Gasteiger partial charge in [-0.2, -0.15) is 0 Å². The van der Waals surface area contributed by atoms with Crippen molar-refractivity contribution in [1.82, 2.24) is 10.2 Å². The molecule has 0 bridgehead atoms. The van der Waals surface area contributed by atoms with Crippen molar-refractivity contribution >= 4 is 0 Å². The molecule has 2 aliphatic rings. The Hall–Kier alpha value is -0.120. The van der Waals surface area contributed by atoms with E-state index in [4.69, 9.17) is 4.74 Å². The average molecular weight is 296 g/mol. The molecule has 3 heteroatoms. The number of nitrogens with one attached hydrogen (secondary N) is 1. The van der Waals surface area contributed by atoms with Gasteiger partial charge in [0.15, 0.2) is 0 Å². The highest BCUT2D eigenvalue weighted by atomic mass is 16.5. The number of hydrogen-bond acceptors (Lipinski definition) is 3. The molecule has 124 valence electrons. The van der Waals surface area contributed by atoms with Gasteiger partial charge in [-0.3, -0.25) is 4.90 Å². The van der Waals surface area contributed by atoms with Gasteiger partial charge in [0.25, 0.3) is 0 Å². The molecule has 0 radical (unpaired) electrons. The molecule has 1 heterocycles. The van der Waals surface area contributed by atoms with E-state index in [0.29, 0.717) is 11.6 Å². The highest BCUT2D eigenvalue weighted by Gasteiger charge is 2.42. The second kappa shape index (κ2) is 8.50. The second-order valence-electron chi connectivity index (χ2n) is 7.54. The summed E-state index contributed by atoms with van der Waals surface area (Å²) in [5, 5.41) is 3.82. The highest BCUT2D eigenvalue weighted by molar-refractivity contribution is 5.01. The molecule has 1 aliphatic carbocycles. The van der Waals surface area contributed by atoms with Gasteiger partial charge >= 0.3 is 0 Å². The molecule has 0 aromatic heterocycles. The van der Waals surface area contributed by atoms with Crippen molar-refractivity contribution in [2.24, 2.45) is 5.92 Å². The predicted octanol–water partition coefficient (Wildman–Crippen LogP) is 3.44. The zero-order valence-corrected chi connectivity index (χ0v) is 14.5. The van der Waals surface area contributed by atoms with E-state index in [2.05, 4.69) is 31.0 Å². The van der Waals surface area contributed by atoms with Crippen molar-refractivity contribution in [3.63, 3.8) is 0 Å². The fourth-order valence-electron chi connectivity index (χ4n) is 3.96. The summed E-state index contributed by atoms with van der Waals surface area (Å²) in [5.41, 5.74) is 0.450. The fraction of sp³-hybridized carbons (Fsp3) is 1.00. The van der Waals surface area contributed by atoms with E-state index in [1.807, 2.05) is 0 Å². The van der Waals surface area contributed by atoms with Crippen LogP contribution >= 0.6 is 0 Å². The first-order valence-electron chi connectivity index (χ1n) is 9.22. The third kappa shape index (κ3) is 4.94. The first-order valence-corrected chi connectivity index (χ1v) is 9.22.